The number of carbonyl (C=O) groups excluding carboxylic acids is 4. The first-order chi connectivity index (χ1) is 16.0. The lowest BCUT2D eigenvalue weighted by Crippen LogP contribution is -2.34. The Kier molecular flexibility index (Phi) is 7.39. The second-order valence-corrected chi connectivity index (χ2v) is 10.2. The van der Waals surface area contributed by atoms with Gasteiger partial charge in [0.05, 0.1) is 24.5 Å². The van der Waals surface area contributed by atoms with Gasteiger partial charge in [-0.2, -0.15) is 0 Å². The Morgan fingerprint density at radius 1 is 1.12 bits per heavy atom. The number of benzene rings is 1. The van der Waals surface area contributed by atoms with Gasteiger partial charge in [0.2, 0.25) is 22.9 Å². The molecule has 11 heteroatoms. The molecule has 0 bridgehead atoms. The average molecular weight is 489 g/mol. The van der Waals surface area contributed by atoms with E-state index < -0.39 is 0 Å². The highest BCUT2D eigenvalue weighted by molar-refractivity contribution is 8.00. The van der Waals surface area contributed by atoms with Crippen LogP contribution in [-0.2, 0) is 24.9 Å². The summed E-state index contributed by atoms with van der Waals surface area (Å²) >= 11 is 2.72. The van der Waals surface area contributed by atoms with Crippen LogP contribution < -0.4 is 5.32 Å². The van der Waals surface area contributed by atoms with Crippen molar-refractivity contribution in [3.63, 3.8) is 0 Å². The van der Waals surface area contributed by atoms with Gasteiger partial charge >= 0.3 is 5.97 Å². The number of carbonyl (C=O) groups is 4. The van der Waals surface area contributed by atoms with Crippen LogP contribution in [0.25, 0.3) is 0 Å². The lowest BCUT2D eigenvalue weighted by atomic mass is 9.81. The average Bonchev–Trinajstić information content (AvgIpc) is 3.38. The third-order valence-corrected chi connectivity index (χ3v) is 7.93. The number of methoxy groups -OCH3 is 1. The summed E-state index contributed by atoms with van der Waals surface area (Å²) in [6, 6.07) is 7.11. The third kappa shape index (κ3) is 5.41. The first kappa shape index (κ1) is 23.4. The number of hydrogen-bond acceptors (Lipinski definition) is 9. The van der Waals surface area contributed by atoms with Crippen molar-refractivity contribution in [2.24, 2.45) is 11.8 Å². The van der Waals surface area contributed by atoms with E-state index in [4.69, 9.17) is 0 Å². The summed E-state index contributed by atoms with van der Waals surface area (Å²) < 4.78 is 5.38. The van der Waals surface area contributed by atoms with Gasteiger partial charge in [-0.25, -0.2) is 4.79 Å². The SMILES string of the molecule is COC(=O)c1ccc(CSc2nnc(NC(=O)CCN3C(=O)[C@H]4CCCC[C@@H]4C3=O)s2)cc1. The molecule has 1 N–H and O–H groups in total. The zero-order chi connectivity index (χ0) is 23.4. The zero-order valence-electron chi connectivity index (χ0n) is 18.1. The second kappa shape index (κ2) is 10.4. The van der Waals surface area contributed by atoms with E-state index in [1.807, 2.05) is 12.1 Å². The first-order valence-electron chi connectivity index (χ1n) is 10.7. The van der Waals surface area contributed by atoms with E-state index in [1.54, 1.807) is 12.1 Å². The van der Waals surface area contributed by atoms with Crippen LogP contribution in [0.3, 0.4) is 0 Å². The zero-order valence-corrected chi connectivity index (χ0v) is 19.7. The molecule has 3 amide bonds. The molecule has 1 saturated heterocycles. The monoisotopic (exact) mass is 488 g/mol. The number of nitrogens with one attached hydrogen (secondary N) is 1. The standard InChI is InChI=1S/C22H24N4O5S2/c1-31-20(30)14-8-6-13(7-9-14)12-32-22-25-24-21(33-22)23-17(27)10-11-26-18(28)15-4-2-3-5-16(15)19(26)29/h6-9,15-16H,2-5,10-12H2,1H3,(H,23,24,27)/t15-,16-/m0/s1. The number of esters is 1. The molecule has 0 radical (unpaired) electrons. The number of likely N-dealkylation sites (tertiary alicyclic amines) is 1. The maximum Gasteiger partial charge on any atom is 0.337 e. The van der Waals surface area contributed by atoms with Gasteiger partial charge in [-0.05, 0) is 30.5 Å². The minimum absolute atomic E-state index is 0.0333. The number of ether oxygens (including phenoxy) is 1. The molecule has 2 aliphatic rings. The predicted octanol–water partition coefficient (Wildman–Crippen LogP) is 3.12. The molecule has 0 spiro atoms. The molecule has 2 heterocycles. The fourth-order valence-electron chi connectivity index (χ4n) is 4.17. The van der Waals surface area contributed by atoms with E-state index >= 15 is 0 Å². The molecular formula is C22H24N4O5S2. The van der Waals surface area contributed by atoms with Gasteiger partial charge in [0.25, 0.3) is 0 Å². The Balaban J connectivity index is 1.24. The molecule has 2 fully saturated rings. The summed E-state index contributed by atoms with van der Waals surface area (Å²) in [5.41, 5.74) is 1.50. The van der Waals surface area contributed by atoms with E-state index in [2.05, 4.69) is 20.3 Å². The van der Waals surface area contributed by atoms with Crippen LogP contribution >= 0.6 is 23.1 Å². The number of thioether (sulfide) groups is 1. The first-order valence-corrected chi connectivity index (χ1v) is 12.5. The van der Waals surface area contributed by atoms with Crippen LogP contribution in [0.15, 0.2) is 28.6 Å². The molecule has 1 aromatic heterocycles. The minimum Gasteiger partial charge on any atom is -0.465 e. The fourth-order valence-corrected chi connectivity index (χ4v) is 5.89. The Hall–Kier alpha value is -2.79. The smallest absolute Gasteiger partial charge is 0.337 e. The van der Waals surface area contributed by atoms with Crippen LogP contribution in [0.1, 0.15) is 48.0 Å². The predicted molar refractivity (Wildman–Crippen MR) is 123 cm³/mol. The van der Waals surface area contributed by atoms with Gasteiger partial charge in [0, 0.05) is 18.7 Å². The van der Waals surface area contributed by atoms with Crippen molar-refractivity contribution in [1.82, 2.24) is 15.1 Å². The number of nitrogens with zero attached hydrogens (tertiary/aromatic N) is 3. The van der Waals surface area contributed by atoms with E-state index in [-0.39, 0.29) is 48.5 Å². The highest BCUT2D eigenvalue weighted by Gasteiger charge is 2.47. The number of hydrogen-bond donors (Lipinski definition) is 1. The molecule has 1 saturated carbocycles. The van der Waals surface area contributed by atoms with Crippen LogP contribution in [0.4, 0.5) is 5.13 Å². The van der Waals surface area contributed by atoms with Gasteiger partial charge in [0.1, 0.15) is 0 Å². The Bertz CT molecular complexity index is 1030. The van der Waals surface area contributed by atoms with E-state index in [0.717, 1.165) is 31.2 Å². The van der Waals surface area contributed by atoms with Crippen molar-refractivity contribution < 1.29 is 23.9 Å². The van der Waals surface area contributed by atoms with Crippen molar-refractivity contribution in [1.29, 1.82) is 0 Å². The van der Waals surface area contributed by atoms with Crippen LogP contribution in [-0.4, -0.2) is 52.4 Å². The van der Waals surface area contributed by atoms with E-state index in [1.165, 1.54) is 35.1 Å². The normalized spacial score (nSPS) is 20.0. The van der Waals surface area contributed by atoms with Crippen molar-refractivity contribution in [2.45, 2.75) is 42.2 Å². The van der Waals surface area contributed by atoms with Crippen molar-refractivity contribution in [2.75, 3.05) is 19.0 Å². The fraction of sp³-hybridized carbons (Fsp3) is 0.455. The number of amides is 3. The highest BCUT2D eigenvalue weighted by atomic mass is 32.2. The summed E-state index contributed by atoms with van der Waals surface area (Å²) in [6.07, 6.45) is 3.51. The molecule has 174 valence electrons. The summed E-state index contributed by atoms with van der Waals surface area (Å²) in [7, 11) is 1.34. The quantitative estimate of drug-likeness (QED) is 0.261. The molecule has 9 nitrogen and oxygen atoms in total. The van der Waals surface area contributed by atoms with Gasteiger partial charge in [0.15, 0.2) is 4.34 Å². The molecule has 1 aliphatic heterocycles. The molecule has 1 aliphatic carbocycles. The van der Waals surface area contributed by atoms with Crippen LogP contribution in [0.2, 0.25) is 0 Å². The number of rotatable bonds is 8. The molecule has 4 rings (SSSR count). The van der Waals surface area contributed by atoms with E-state index in [9.17, 15) is 19.2 Å². The summed E-state index contributed by atoms with van der Waals surface area (Å²) in [5, 5.41) is 11.1. The highest BCUT2D eigenvalue weighted by Crippen LogP contribution is 2.38. The topological polar surface area (TPSA) is 119 Å². The Labute approximate surface area is 199 Å². The molecule has 2 aromatic rings. The van der Waals surface area contributed by atoms with Crippen molar-refractivity contribution >= 4 is 51.9 Å². The largest absolute Gasteiger partial charge is 0.465 e. The van der Waals surface area contributed by atoms with Gasteiger partial charge in [-0.15, -0.1) is 10.2 Å². The van der Waals surface area contributed by atoms with Crippen molar-refractivity contribution in [3.05, 3.63) is 35.4 Å². The minimum atomic E-state index is -0.379. The van der Waals surface area contributed by atoms with Crippen LogP contribution in [0.5, 0.6) is 0 Å². The maximum absolute atomic E-state index is 12.5. The Morgan fingerprint density at radius 2 is 1.79 bits per heavy atom. The number of fused-ring (bicyclic) bond motifs is 1. The summed E-state index contributed by atoms with van der Waals surface area (Å²) in [6.45, 7) is 0.0957. The maximum atomic E-state index is 12.5. The summed E-state index contributed by atoms with van der Waals surface area (Å²) in [5.74, 6) is -0.723. The summed E-state index contributed by atoms with van der Waals surface area (Å²) in [4.78, 5) is 50.1. The second-order valence-electron chi connectivity index (χ2n) is 7.97. The molecule has 0 unspecified atom stereocenters. The van der Waals surface area contributed by atoms with Crippen LogP contribution in [0, 0.1) is 11.8 Å². The lowest BCUT2D eigenvalue weighted by Gasteiger charge is -2.19. The van der Waals surface area contributed by atoms with E-state index in [0.29, 0.717) is 20.8 Å². The molecular weight excluding hydrogens is 464 g/mol. The van der Waals surface area contributed by atoms with Gasteiger partial charge in [-0.1, -0.05) is 48.1 Å². The molecule has 1 aromatic carbocycles. The number of imide groups is 1. The Morgan fingerprint density at radius 3 is 2.42 bits per heavy atom. The number of anilines is 1. The molecule has 33 heavy (non-hydrogen) atoms. The number of aromatic nitrogens is 2. The van der Waals surface area contributed by atoms with Gasteiger partial charge < -0.3 is 10.1 Å². The molecule has 2 atom stereocenters. The van der Waals surface area contributed by atoms with Crippen molar-refractivity contribution in [3.8, 4) is 0 Å². The van der Waals surface area contributed by atoms with Gasteiger partial charge in [-0.3, -0.25) is 19.3 Å². The lowest BCUT2D eigenvalue weighted by molar-refractivity contribution is -0.140. The third-order valence-electron chi connectivity index (χ3n) is 5.89.